The molecule has 2 aromatic rings. The third-order valence-electron chi connectivity index (χ3n) is 1.44. The van der Waals surface area contributed by atoms with Crippen LogP contribution in [0.4, 0.5) is 0 Å². The van der Waals surface area contributed by atoms with E-state index in [9.17, 15) is 4.79 Å². The molecule has 0 unspecified atom stereocenters. The van der Waals surface area contributed by atoms with Gasteiger partial charge in [0.25, 0.3) is 0 Å². The van der Waals surface area contributed by atoms with E-state index in [2.05, 4.69) is 10.1 Å². The van der Waals surface area contributed by atoms with Crippen LogP contribution in [0.5, 0.6) is 0 Å². The highest BCUT2D eigenvalue weighted by molar-refractivity contribution is 5.76. The minimum Gasteiger partial charge on any atom is -0.298 e. The molecule has 0 aromatic carbocycles. The van der Waals surface area contributed by atoms with Gasteiger partial charge in [-0.05, 0) is 12.1 Å². The Balaban J connectivity index is 2.76. The number of rotatable bonds is 1. The number of hydrogen-bond acceptors (Lipinski definition) is 3. The van der Waals surface area contributed by atoms with Crippen molar-refractivity contribution < 1.29 is 4.79 Å². The van der Waals surface area contributed by atoms with E-state index in [1.54, 1.807) is 22.8 Å². The molecule has 0 aliphatic rings. The van der Waals surface area contributed by atoms with Gasteiger partial charge in [-0.25, -0.2) is 9.50 Å². The van der Waals surface area contributed by atoms with Crippen LogP contribution < -0.4 is 0 Å². The fourth-order valence-corrected chi connectivity index (χ4v) is 0.904. The second-order valence-corrected chi connectivity index (χ2v) is 2.14. The van der Waals surface area contributed by atoms with Gasteiger partial charge in [0.15, 0.2) is 5.65 Å². The molecule has 0 spiro atoms. The van der Waals surface area contributed by atoms with E-state index in [0.717, 1.165) is 6.29 Å². The average molecular weight is 147 g/mol. The van der Waals surface area contributed by atoms with Crippen molar-refractivity contribution in [1.82, 2.24) is 14.6 Å². The molecule has 4 heteroatoms. The molecular weight excluding hydrogens is 142 g/mol. The normalized spacial score (nSPS) is 10.2. The lowest BCUT2D eigenvalue weighted by Gasteiger charge is -1.90. The molecule has 0 radical (unpaired) electrons. The molecule has 0 saturated heterocycles. The van der Waals surface area contributed by atoms with E-state index < -0.39 is 0 Å². The Morgan fingerprint density at radius 2 is 2.45 bits per heavy atom. The number of carbonyl (C=O) groups excluding carboxylic acids is 1. The summed E-state index contributed by atoms with van der Waals surface area (Å²) in [6.07, 6.45) is 3.94. The predicted octanol–water partition coefficient (Wildman–Crippen LogP) is 0.542. The number of hydrogen-bond donors (Lipinski definition) is 0. The van der Waals surface area contributed by atoms with Crippen molar-refractivity contribution in [3.63, 3.8) is 0 Å². The zero-order valence-corrected chi connectivity index (χ0v) is 5.64. The molecule has 0 fully saturated rings. The Morgan fingerprint density at radius 3 is 3.27 bits per heavy atom. The van der Waals surface area contributed by atoms with Crippen LogP contribution >= 0.6 is 0 Å². The highest BCUT2D eigenvalue weighted by Gasteiger charge is 1.94. The maximum atomic E-state index is 10.3. The van der Waals surface area contributed by atoms with E-state index in [-0.39, 0.29) is 0 Å². The predicted molar refractivity (Wildman–Crippen MR) is 38.4 cm³/mol. The first-order valence-corrected chi connectivity index (χ1v) is 3.15. The molecule has 0 atom stereocenters. The van der Waals surface area contributed by atoms with Crippen LogP contribution in [0.1, 0.15) is 10.4 Å². The molecular formula is C7H5N3O. The molecule has 54 valence electrons. The third-order valence-corrected chi connectivity index (χ3v) is 1.44. The molecule has 2 aromatic heterocycles. The van der Waals surface area contributed by atoms with Crippen molar-refractivity contribution in [3.8, 4) is 0 Å². The van der Waals surface area contributed by atoms with E-state index in [0.29, 0.717) is 11.2 Å². The first-order chi connectivity index (χ1) is 5.40. The standard InChI is InChI=1S/C7H5N3O/c11-4-6-1-2-10-7(3-6)8-5-9-10/h1-5H. The second kappa shape index (κ2) is 2.16. The van der Waals surface area contributed by atoms with Crippen LogP contribution in [-0.2, 0) is 0 Å². The van der Waals surface area contributed by atoms with Crippen molar-refractivity contribution in [2.75, 3.05) is 0 Å². The number of aldehydes is 1. The Hall–Kier alpha value is -1.71. The summed E-state index contributed by atoms with van der Waals surface area (Å²) in [4.78, 5) is 14.2. The summed E-state index contributed by atoms with van der Waals surface area (Å²) < 4.78 is 1.60. The lowest BCUT2D eigenvalue weighted by Crippen LogP contribution is -1.88. The molecule has 0 amide bonds. The zero-order chi connectivity index (χ0) is 7.68. The summed E-state index contributed by atoms with van der Waals surface area (Å²) in [5, 5.41) is 3.88. The lowest BCUT2D eigenvalue weighted by atomic mass is 10.3. The van der Waals surface area contributed by atoms with Crippen LogP contribution in [-0.4, -0.2) is 20.9 Å². The maximum Gasteiger partial charge on any atom is 0.155 e. The molecule has 2 heterocycles. The largest absolute Gasteiger partial charge is 0.298 e. The Labute approximate surface area is 62.5 Å². The molecule has 11 heavy (non-hydrogen) atoms. The van der Waals surface area contributed by atoms with Crippen molar-refractivity contribution >= 4 is 11.9 Å². The number of pyridine rings is 1. The van der Waals surface area contributed by atoms with Crippen molar-refractivity contribution in [2.24, 2.45) is 0 Å². The van der Waals surface area contributed by atoms with Gasteiger partial charge in [-0.1, -0.05) is 0 Å². The van der Waals surface area contributed by atoms with E-state index in [1.807, 2.05) is 0 Å². The van der Waals surface area contributed by atoms with E-state index in [1.165, 1.54) is 6.33 Å². The topological polar surface area (TPSA) is 47.3 Å². The average Bonchev–Trinajstić information content (AvgIpc) is 2.50. The van der Waals surface area contributed by atoms with Gasteiger partial charge in [0.1, 0.15) is 12.6 Å². The lowest BCUT2D eigenvalue weighted by molar-refractivity contribution is 0.112. The maximum absolute atomic E-state index is 10.3. The van der Waals surface area contributed by atoms with Gasteiger partial charge in [-0.3, -0.25) is 4.79 Å². The molecule has 0 bridgehead atoms. The Bertz CT molecular complexity index is 393. The van der Waals surface area contributed by atoms with Crippen LogP contribution in [0.2, 0.25) is 0 Å². The van der Waals surface area contributed by atoms with Gasteiger partial charge < -0.3 is 0 Å². The summed E-state index contributed by atoms with van der Waals surface area (Å²) in [6.45, 7) is 0. The van der Waals surface area contributed by atoms with Gasteiger partial charge in [0.05, 0.1) is 0 Å². The smallest absolute Gasteiger partial charge is 0.155 e. The molecule has 4 nitrogen and oxygen atoms in total. The van der Waals surface area contributed by atoms with E-state index >= 15 is 0 Å². The molecule has 0 saturated carbocycles. The van der Waals surface area contributed by atoms with Gasteiger partial charge in [-0.15, -0.1) is 0 Å². The third kappa shape index (κ3) is 0.881. The van der Waals surface area contributed by atoms with Crippen LogP contribution in [0.3, 0.4) is 0 Å². The van der Waals surface area contributed by atoms with Crippen LogP contribution in [0.15, 0.2) is 24.7 Å². The highest BCUT2D eigenvalue weighted by Crippen LogP contribution is 2.00. The Morgan fingerprint density at radius 1 is 1.55 bits per heavy atom. The fourth-order valence-electron chi connectivity index (χ4n) is 0.904. The van der Waals surface area contributed by atoms with Crippen LogP contribution in [0.25, 0.3) is 5.65 Å². The minimum absolute atomic E-state index is 0.616. The van der Waals surface area contributed by atoms with Crippen LogP contribution in [0, 0.1) is 0 Å². The van der Waals surface area contributed by atoms with Crippen molar-refractivity contribution in [2.45, 2.75) is 0 Å². The number of fused-ring (bicyclic) bond motifs is 1. The summed E-state index contributed by atoms with van der Waals surface area (Å²) in [6, 6.07) is 3.37. The molecule has 2 rings (SSSR count). The summed E-state index contributed by atoms with van der Waals surface area (Å²) >= 11 is 0. The zero-order valence-electron chi connectivity index (χ0n) is 5.64. The van der Waals surface area contributed by atoms with Crippen molar-refractivity contribution in [3.05, 3.63) is 30.2 Å². The quantitative estimate of drug-likeness (QED) is 0.553. The second-order valence-electron chi connectivity index (χ2n) is 2.14. The fraction of sp³-hybridized carbons (Fsp3) is 0. The van der Waals surface area contributed by atoms with Gasteiger partial charge in [0, 0.05) is 11.8 Å². The minimum atomic E-state index is 0.616. The van der Waals surface area contributed by atoms with Crippen molar-refractivity contribution in [1.29, 1.82) is 0 Å². The van der Waals surface area contributed by atoms with Gasteiger partial charge in [0.2, 0.25) is 0 Å². The summed E-state index contributed by atoms with van der Waals surface area (Å²) in [5.74, 6) is 0. The summed E-state index contributed by atoms with van der Waals surface area (Å²) in [5.41, 5.74) is 1.31. The number of aromatic nitrogens is 3. The monoisotopic (exact) mass is 147 g/mol. The molecule has 0 aliphatic heterocycles. The van der Waals surface area contributed by atoms with Gasteiger partial charge in [-0.2, -0.15) is 5.10 Å². The van der Waals surface area contributed by atoms with E-state index in [4.69, 9.17) is 0 Å². The first kappa shape index (κ1) is 6.03. The van der Waals surface area contributed by atoms with Gasteiger partial charge >= 0.3 is 0 Å². The first-order valence-electron chi connectivity index (χ1n) is 3.15. The SMILES string of the molecule is O=Cc1ccn2ncnc2c1. The highest BCUT2D eigenvalue weighted by atomic mass is 16.1. The summed E-state index contributed by atoms with van der Waals surface area (Å²) in [7, 11) is 0. The molecule has 0 aliphatic carbocycles. The Kier molecular flexibility index (Phi) is 1.18. The number of carbonyl (C=O) groups is 1. The molecule has 0 N–H and O–H groups in total. The number of nitrogens with zero attached hydrogens (tertiary/aromatic N) is 3.